The number of aryl methyl sites for hydroxylation is 1. The maximum atomic E-state index is 12.6. The van der Waals surface area contributed by atoms with Gasteiger partial charge < -0.3 is 24.0 Å². The molecule has 3 aromatic rings. The van der Waals surface area contributed by atoms with Crippen LogP contribution in [0.15, 0.2) is 45.4 Å². The van der Waals surface area contributed by atoms with Crippen molar-refractivity contribution in [3.05, 3.63) is 53.6 Å². The smallest absolute Gasteiger partial charge is 0.318 e. The van der Waals surface area contributed by atoms with Crippen molar-refractivity contribution in [1.29, 1.82) is 0 Å². The molecule has 2 amide bonds. The molecule has 2 aromatic heterocycles. The second-order valence-corrected chi connectivity index (χ2v) is 6.78. The van der Waals surface area contributed by atoms with Gasteiger partial charge in [-0.1, -0.05) is 22.4 Å². The molecule has 1 atom stereocenters. The Morgan fingerprint density at radius 3 is 2.96 bits per heavy atom. The van der Waals surface area contributed by atoms with Crippen molar-refractivity contribution in [1.82, 2.24) is 20.5 Å². The molecule has 146 valence electrons. The number of urea groups is 1. The molecule has 28 heavy (non-hydrogen) atoms. The first-order valence-electron chi connectivity index (χ1n) is 9.22. The van der Waals surface area contributed by atoms with Gasteiger partial charge in [0.2, 0.25) is 0 Å². The van der Waals surface area contributed by atoms with Crippen LogP contribution in [0.25, 0.3) is 11.3 Å². The van der Waals surface area contributed by atoms with E-state index in [4.69, 9.17) is 13.8 Å². The number of hydrogen-bond acceptors (Lipinski definition) is 6. The topological polar surface area (TPSA) is 93.6 Å². The molecule has 1 saturated heterocycles. The lowest BCUT2D eigenvalue weighted by molar-refractivity contribution is 0.189. The highest BCUT2D eigenvalue weighted by Gasteiger charge is 2.32. The van der Waals surface area contributed by atoms with Gasteiger partial charge in [-0.25, -0.2) is 4.79 Å². The van der Waals surface area contributed by atoms with Crippen LogP contribution in [-0.2, 0) is 6.54 Å². The Kier molecular flexibility index (Phi) is 5.01. The summed E-state index contributed by atoms with van der Waals surface area (Å²) in [5.41, 5.74) is 2.38. The zero-order valence-electron chi connectivity index (χ0n) is 15.8. The van der Waals surface area contributed by atoms with Crippen molar-refractivity contribution >= 4 is 6.03 Å². The number of methoxy groups -OCH3 is 1. The van der Waals surface area contributed by atoms with Crippen molar-refractivity contribution in [2.45, 2.75) is 32.4 Å². The fourth-order valence-electron chi connectivity index (χ4n) is 3.44. The van der Waals surface area contributed by atoms with E-state index in [2.05, 4.69) is 15.6 Å². The van der Waals surface area contributed by atoms with Gasteiger partial charge in [-0.3, -0.25) is 0 Å². The first-order valence-corrected chi connectivity index (χ1v) is 9.22. The van der Waals surface area contributed by atoms with Gasteiger partial charge in [0.25, 0.3) is 0 Å². The molecule has 1 aromatic carbocycles. The molecule has 0 unspecified atom stereocenters. The van der Waals surface area contributed by atoms with Gasteiger partial charge in [-0.15, -0.1) is 0 Å². The summed E-state index contributed by atoms with van der Waals surface area (Å²) in [4.78, 5) is 14.4. The Balaban J connectivity index is 1.39. The van der Waals surface area contributed by atoms with Crippen molar-refractivity contribution in [2.24, 2.45) is 0 Å². The summed E-state index contributed by atoms with van der Waals surface area (Å²) in [5.74, 6) is 2.08. The Morgan fingerprint density at radius 2 is 2.18 bits per heavy atom. The van der Waals surface area contributed by atoms with Crippen molar-refractivity contribution in [3.63, 3.8) is 0 Å². The van der Waals surface area contributed by atoms with Crippen LogP contribution in [0.1, 0.15) is 36.1 Å². The van der Waals surface area contributed by atoms with E-state index in [0.717, 1.165) is 35.6 Å². The molecule has 1 fully saturated rings. The number of aromatic nitrogens is 2. The van der Waals surface area contributed by atoms with E-state index in [1.807, 2.05) is 43.3 Å². The van der Waals surface area contributed by atoms with Gasteiger partial charge in [0.1, 0.15) is 22.9 Å². The molecule has 8 nitrogen and oxygen atoms in total. The van der Waals surface area contributed by atoms with Crippen LogP contribution >= 0.6 is 0 Å². The number of nitrogens with zero attached hydrogens (tertiary/aromatic N) is 3. The first kappa shape index (κ1) is 18.1. The average molecular weight is 382 g/mol. The quantitative estimate of drug-likeness (QED) is 0.723. The number of carbonyl (C=O) groups excluding carboxylic acids is 1. The summed E-state index contributed by atoms with van der Waals surface area (Å²) >= 11 is 0. The zero-order valence-corrected chi connectivity index (χ0v) is 15.8. The van der Waals surface area contributed by atoms with E-state index in [1.165, 1.54) is 0 Å². The van der Waals surface area contributed by atoms with Gasteiger partial charge in [0.05, 0.1) is 19.7 Å². The number of rotatable bonds is 5. The van der Waals surface area contributed by atoms with Crippen molar-refractivity contribution in [3.8, 4) is 17.0 Å². The Hall–Kier alpha value is -3.29. The van der Waals surface area contributed by atoms with Crippen LogP contribution in [0.5, 0.6) is 5.75 Å². The summed E-state index contributed by atoms with van der Waals surface area (Å²) < 4.78 is 15.8. The molecule has 1 aliphatic rings. The Labute approximate surface area is 162 Å². The van der Waals surface area contributed by atoms with E-state index in [0.29, 0.717) is 18.0 Å². The second kappa shape index (κ2) is 7.75. The number of benzene rings is 1. The molecular formula is C20H22N4O4. The third-order valence-corrected chi connectivity index (χ3v) is 4.84. The average Bonchev–Trinajstić information content (AvgIpc) is 3.46. The van der Waals surface area contributed by atoms with E-state index >= 15 is 0 Å². The minimum atomic E-state index is -0.150. The normalized spacial score (nSPS) is 16.4. The lowest BCUT2D eigenvalue weighted by Crippen LogP contribution is -2.39. The fraction of sp³-hybridized carbons (Fsp3) is 0.350. The van der Waals surface area contributed by atoms with Crippen LogP contribution < -0.4 is 10.1 Å². The number of amides is 2. The number of nitrogens with one attached hydrogen (secondary N) is 1. The summed E-state index contributed by atoms with van der Waals surface area (Å²) in [6, 6.07) is 11.1. The van der Waals surface area contributed by atoms with E-state index in [-0.39, 0.29) is 18.6 Å². The maximum Gasteiger partial charge on any atom is 0.318 e. The molecule has 1 aliphatic heterocycles. The molecule has 3 heterocycles. The monoisotopic (exact) mass is 382 g/mol. The Bertz CT molecular complexity index is 965. The van der Waals surface area contributed by atoms with E-state index in [1.54, 1.807) is 12.0 Å². The largest absolute Gasteiger partial charge is 0.497 e. The molecule has 1 N–H and O–H groups in total. The summed E-state index contributed by atoms with van der Waals surface area (Å²) in [7, 11) is 1.62. The number of hydrogen-bond donors (Lipinski definition) is 1. The first-order chi connectivity index (χ1) is 13.6. The predicted octanol–water partition coefficient (Wildman–Crippen LogP) is 3.69. The van der Waals surface area contributed by atoms with Crippen molar-refractivity contribution < 1.29 is 18.6 Å². The van der Waals surface area contributed by atoms with Crippen LogP contribution in [0, 0.1) is 6.92 Å². The Morgan fingerprint density at radius 1 is 1.29 bits per heavy atom. The predicted molar refractivity (Wildman–Crippen MR) is 101 cm³/mol. The highest BCUT2D eigenvalue weighted by atomic mass is 16.5. The molecule has 0 saturated carbocycles. The molecule has 8 heteroatoms. The number of carbonyl (C=O) groups is 1. The van der Waals surface area contributed by atoms with E-state index in [9.17, 15) is 4.79 Å². The van der Waals surface area contributed by atoms with Crippen LogP contribution in [0.3, 0.4) is 0 Å². The minimum Gasteiger partial charge on any atom is -0.497 e. The van der Waals surface area contributed by atoms with Gasteiger partial charge >= 0.3 is 6.03 Å². The summed E-state index contributed by atoms with van der Waals surface area (Å²) in [6.45, 7) is 2.80. The highest BCUT2D eigenvalue weighted by molar-refractivity contribution is 5.75. The standard InChI is InChI=1S/C20H22N4O4/c1-13-9-18(23-27-13)19-7-4-8-24(19)20(25)21-12-16-11-17(22-28-16)14-5-3-6-15(10-14)26-2/h3,5-6,9-11,19H,4,7-8,12H2,1-2H3,(H,21,25)/t19-/m0/s1. The SMILES string of the molecule is COc1cccc(-c2cc(CNC(=O)N3CCC[C@H]3c3cc(C)on3)on2)c1. The highest BCUT2D eigenvalue weighted by Crippen LogP contribution is 2.31. The van der Waals surface area contributed by atoms with Gasteiger partial charge in [-0.05, 0) is 31.9 Å². The molecule has 0 radical (unpaired) electrons. The fourth-order valence-corrected chi connectivity index (χ4v) is 3.44. The van der Waals surface area contributed by atoms with Crippen LogP contribution in [0.2, 0.25) is 0 Å². The van der Waals surface area contributed by atoms with Gasteiger partial charge in [0.15, 0.2) is 5.76 Å². The summed E-state index contributed by atoms with van der Waals surface area (Å²) in [5, 5.41) is 11.1. The minimum absolute atomic E-state index is 0.0560. The molecule has 4 rings (SSSR count). The number of likely N-dealkylation sites (tertiary alicyclic amines) is 1. The zero-order chi connectivity index (χ0) is 19.5. The number of ether oxygens (including phenoxy) is 1. The molecular weight excluding hydrogens is 360 g/mol. The third kappa shape index (κ3) is 3.71. The van der Waals surface area contributed by atoms with E-state index < -0.39 is 0 Å². The third-order valence-electron chi connectivity index (χ3n) is 4.84. The molecule has 0 aliphatic carbocycles. The van der Waals surface area contributed by atoms with Gasteiger partial charge in [-0.2, -0.15) is 0 Å². The van der Waals surface area contributed by atoms with Crippen LogP contribution in [0.4, 0.5) is 4.79 Å². The lowest BCUT2D eigenvalue weighted by Gasteiger charge is -2.22. The van der Waals surface area contributed by atoms with Crippen LogP contribution in [-0.4, -0.2) is 34.9 Å². The molecule has 0 bridgehead atoms. The van der Waals surface area contributed by atoms with Crippen molar-refractivity contribution in [2.75, 3.05) is 13.7 Å². The second-order valence-electron chi connectivity index (χ2n) is 6.78. The van der Waals surface area contributed by atoms with Gasteiger partial charge in [0, 0.05) is 24.2 Å². The molecule has 0 spiro atoms. The maximum absolute atomic E-state index is 12.6. The summed E-state index contributed by atoms with van der Waals surface area (Å²) in [6.07, 6.45) is 1.81. The lowest BCUT2D eigenvalue weighted by atomic mass is 10.1.